The Morgan fingerprint density at radius 2 is 2.12 bits per heavy atom. The molecule has 0 atom stereocenters. The van der Waals surface area contributed by atoms with Crippen LogP contribution in [0.5, 0.6) is 0 Å². The maximum atomic E-state index is 7.22. The summed E-state index contributed by atoms with van der Waals surface area (Å²) in [7, 11) is 1.96. The molecule has 1 aliphatic heterocycles. The number of amidine groups is 1. The van der Waals surface area contributed by atoms with E-state index in [-0.39, 0.29) is 5.54 Å². The van der Waals surface area contributed by atoms with Gasteiger partial charge < -0.3 is 4.90 Å². The lowest BCUT2D eigenvalue weighted by molar-refractivity contribution is 0.188. The van der Waals surface area contributed by atoms with Gasteiger partial charge in [-0.25, -0.2) is 0 Å². The smallest absolute Gasteiger partial charge is 0.0983 e. The Morgan fingerprint density at radius 1 is 1.62 bits per heavy atom. The Hall–Kier alpha value is -0.530. The van der Waals surface area contributed by atoms with Crippen molar-refractivity contribution < 1.29 is 0 Å². The van der Waals surface area contributed by atoms with Gasteiger partial charge in [0.15, 0.2) is 0 Å². The molecule has 1 N–H and O–H groups in total. The van der Waals surface area contributed by atoms with Gasteiger partial charge in [0.2, 0.25) is 0 Å². The van der Waals surface area contributed by atoms with Gasteiger partial charge in [-0.15, -0.1) is 0 Å². The molecule has 0 aromatic carbocycles. The van der Waals surface area contributed by atoms with Gasteiger partial charge in [-0.3, -0.25) is 5.41 Å². The van der Waals surface area contributed by atoms with E-state index in [1.54, 1.807) is 0 Å². The van der Waals surface area contributed by atoms with Crippen LogP contribution in [-0.4, -0.2) is 23.3 Å². The standard InChI is InChI=1S/C6H12N2/c1-6(2)4-5(7)8(6)3/h7H,4H2,1-3H3. The van der Waals surface area contributed by atoms with Gasteiger partial charge in [0.1, 0.15) is 0 Å². The summed E-state index contributed by atoms with van der Waals surface area (Å²) < 4.78 is 0. The maximum absolute atomic E-state index is 7.22. The first-order valence-electron chi connectivity index (χ1n) is 2.85. The summed E-state index contributed by atoms with van der Waals surface area (Å²) in [6.45, 7) is 4.29. The van der Waals surface area contributed by atoms with Crippen molar-refractivity contribution in [2.75, 3.05) is 7.05 Å². The van der Waals surface area contributed by atoms with Gasteiger partial charge in [0.05, 0.1) is 5.84 Å². The summed E-state index contributed by atoms with van der Waals surface area (Å²) in [6, 6.07) is 0. The minimum atomic E-state index is 0.261. The molecule has 0 aromatic rings. The lowest BCUT2D eigenvalue weighted by atomic mass is 9.89. The molecule has 0 aromatic heterocycles. The Morgan fingerprint density at radius 3 is 2.12 bits per heavy atom. The molecule has 1 rings (SSSR count). The van der Waals surface area contributed by atoms with E-state index in [2.05, 4.69) is 13.8 Å². The molecule has 0 bridgehead atoms. The van der Waals surface area contributed by atoms with E-state index in [1.807, 2.05) is 11.9 Å². The molecular weight excluding hydrogens is 100 g/mol. The summed E-state index contributed by atoms with van der Waals surface area (Å²) >= 11 is 0. The highest BCUT2D eigenvalue weighted by atomic mass is 15.3. The summed E-state index contributed by atoms with van der Waals surface area (Å²) in [5.41, 5.74) is 0.261. The molecule has 8 heavy (non-hydrogen) atoms. The van der Waals surface area contributed by atoms with Crippen molar-refractivity contribution in [3.05, 3.63) is 0 Å². The van der Waals surface area contributed by atoms with Gasteiger partial charge in [0, 0.05) is 19.0 Å². The summed E-state index contributed by atoms with van der Waals surface area (Å²) in [4.78, 5) is 1.99. The van der Waals surface area contributed by atoms with Crippen molar-refractivity contribution in [3.63, 3.8) is 0 Å². The molecule has 0 spiro atoms. The Labute approximate surface area is 50.0 Å². The molecule has 1 aliphatic rings. The SMILES string of the molecule is CN1C(=N)CC1(C)C. The van der Waals surface area contributed by atoms with E-state index < -0.39 is 0 Å². The lowest BCUT2D eigenvalue weighted by Gasteiger charge is -2.47. The third-order valence-electron chi connectivity index (χ3n) is 1.91. The highest BCUT2D eigenvalue weighted by molar-refractivity contribution is 5.86. The molecule has 1 heterocycles. The van der Waals surface area contributed by atoms with E-state index >= 15 is 0 Å². The van der Waals surface area contributed by atoms with Crippen molar-refractivity contribution in [3.8, 4) is 0 Å². The van der Waals surface area contributed by atoms with Crippen LogP contribution in [0.15, 0.2) is 0 Å². The van der Waals surface area contributed by atoms with Crippen molar-refractivity contribution in [2.24, 2.45) is 0 Å². The van der Waals surface area contributed by atoms with Gasteiger partial charge >= 0.3 is 0 Å². The van der Waals surface area contributed by atoms with E-state index in [4.69, 9.17) is 5.41 Å². The lowest BCUT2D eigenvalue weighted by Crippen LogP contribution is -2.57. The van der Waals surface area contributed by atoms with Crippen molar-refractivity contribution in [1.82, 2.24) is 4.90 Å². The summed E-state index contributed by atoms with van der Waals surface area (Å²) in [5, 5.41) is 7.22. The number of hydrogen-bond donors (Lipinski definition) is 1. The van der Waals surface area contributed by atoms with Crippen LogP contribution in [0.4, 0.5) is 0 Å². The van der Waals surface area contributed by atoms with E-state index in [0.29, 0.717) is 0 Å². The van der Waals surface area contributed by atoms with Crippen LogP contribution in [0, 0.1) is 5.41 Å². The normalized spacial score (nSPS) is 25.4. The van der Waals surface area contributed by atoms with Crippen molar-refractivity contribution in [2.45, 2.75) is 25.8 Å². The van der Waals surface area contributed by atoms with Crippen LogP contribution in [-0.2, 0) is 0 Å². The molecule has 46 valence electrons. The largest absolute Gasteiger partial charge is 0.358 e. The zero-order valence-corrected chi connectivity index (χ0v) is 5.65. The fourth-order valence-electron chi connectivity index (χ4n) is 0.921. The zero-order chi connectivity index (χ0) is 6.36. The maximum Gasteiger partial charge on any atom is 0.0983 e. The Balaban J connectivity index is 2.60. The van der Waals surface area contributed by atoms with Crippen LogP contribution >= 0.6 is 0 Å². The molecule has 2 nitrogen and oxygen atoms in total. The highest BCUT2D eigenvalue weighted by Crippen LogP contribution is 2.28. The topological polar surface area (TPSA) is 27.1 Å². The molecule has 1 saturated heterocycles. The van der Waals surface area contributed by atoms with E-state index in [1.165, 1.54) is 0 Å². The summed E-state index contributed by atoms with van der Waals surface area (Å²) in [5.74, 6) is 0.759. The van der Waals surface area contributed by atoms with Crippen molar-refractivity contribution >= 4 is 5.84 Å². The number of nitrogens with zero attached hydrogens (tertiary/aromatic N) is 1. The second-order valence-electron chi connectivity index (χ2n) is 2.99. The zero-order valence-electron chi connectivity index (χ0n) is 5.65. The first-order valence-corrected chi connectivity index (χ1v) is 2.85. The first kappa shape index (κ1) is 5.60. The third-order valence-corrected chi connectivity index (χ3v) is 1.91. The van der Waals surface area contributed by atoms with Crippen LogP contribution in [0.25, 0.3) is 0 Å². The van der Waals surface area contributed by atoms with Crippen molar-refractivity contribution in [1.29, 1.82) is 5.41 Å². The van der Waals surface area contributed by atoms with Gasteiger partial charge in [-0.1, -0.05) is 0 Å². The molecule has 0 amide bonds. The third kappa shape index (κ3) is 0.522. The van der Waals surface area contributed by atoms with Gasteiger partial charge in [-0.2, -0.15) is 0 Å². The van der Waals surface area contributed by atoms with Crippen LogP contribution in [0.2, 0.25) is 0 Å². The van der Waals surface area contributed by atoms with Crippen LogP contribution < -0.4 is 0 Å². The molecular formula is C6H12N2. The Bertz CT molecular complexity index is 126. The molecule has 2 heteroatoms. The molecule has 1 fully saturated rings. The molecule has 0 aliphatic carbocycles. The predicted octanol–water partition coefficient (Wildman–Crippen LogP) is 1.08. The van der Waals surface area contributed by atoms with E-state index in [9.17, 15) is 0 Å². The Kier molecular flexibility index (Phi) is 0.872. The first-order chi connectivity index (χ1) is 3.54. The quantitative estimate of drug-likeness (QED) is 0.498. The second kappa shape index (κ2) is 1.24. The van der Waals surface area contributed by atoms with Crippen LogP contribution in [0.3, 0.4) is 0 Å². The molecule has 0 unspecified atom stereocenters. The minimum Gasteiger partial charge on any atom is -0.358 e. The average molecular weight is 112 g/mol. The van der Waals surface area contributed by atoms with Gasteiger partial charge in [-0.05, 0) is 13.8 Å². The molecule has 0 saturated carbocycles. The monoisotopic (exact) mass is 112 g/mol. The predicted molar refractivity (Wildman–Crippen MR) is 34.2 cm³/mol. The highest BCUT2D eigenvalue weighted by Gasteiger charge is 2.36. The minimum absolute atomic E-state index is 0.261. The van der Waals surface area contributed by atoms with E-state index in [0.717, 1.165) is 12.3 Å². The molecule has 0 radical (unpaired) electrons. The fraction of sp³-hybridized carbons (Fsp3) is 0.833. The number of likely N-dealkylation sites (tertiary alicyclic amines) is 1. The average Bonchev–Trinajstić information content (AvgIpc) is 1.65. The summed E-state index contributed by atoms with van der Waals surface area (Å²) in [6.07, 6.45) is 0.934. The number of rotatable bonds is 0. The van der Waals surface area contributed by atoms with Gasteiger partial charge in [0.25, 0.3) is 0 Å². The fourth-order valence-corrected chi connectivity index (χ4v) is 0.921. The van der Waals surface area contributed by atoms with Crippen LogP contribution in [0.1, 0.15) is 20.3 Å². The number of nitrogens with one attached hydrogen (secondary N) is 1. The number of hydrogen-bond acceptors (Lipinski definition) is 1. The second-order valence-corrected chi connectivity index (χ2v) is 2.99.